The van der Waals surface area contributed by atoms with Gasteiger partial charge in [0.2, 0.25) is 0 Å². The number of halogens is 1. The molecule has 9 nitrogen and oxygen atoms in total. The van der Waals surface area contributed by atoms with Gasteiger partial charge in [-0.2, -0.15) is 5.10 Å². The second kappa shape index (κ2) is 8.77. The van der Waals surface area contributed by atoms with Crippen LogP contribution in [0.4, 0.5) is 22.1 Å². The average Bonchev–Trinajstić information content (AvgIpc) is 3.10. The highest BCUT2D eigenvalue weighted by atomic mass is 35.5. The van der Waals surface area contributed by atoms with E-state index in [1.165, 1.54) is 24.3 Å². The molecule has 0 fully saturated rings. The van der Waals surface area contributed by atoms with Crippen molar-refractivity contribution in [2.45, 2.75) is 12.8 Å². The molecule has 1 aliphatic rings. The van der Waals surface area contributed by atoms with Crippen LogP contribution in [0.1, 0.15) is 27.2 Å². The molecule has 0 radical (unpaired) electrons. The van der Waals surface area contributed by atoms with Crippen molar-refractivity contribution in [3.05, 3.63) is 79.7 Å². The fraction of sp³-hybridized carbons (Fsp3) is 0.0952. The molecule has 162 valence electrons. The minimum Gasteiger partial charge on any atom is -0.390 e. The zero-order valence-electron chi connectivity index (χ0n) is 16.4. The van der Waals surface area contributed by atoms with Crippen LogP contribution in [0.3, 0.4) is 0 Å². The van der Waals surface area contributed by atoms with Crippen molar-refractivity contribution in [1.82, 2.24) is 0 Å². The highest BCUT2D eigenvalue weighted by Gasteiger charge is 2.32. The molecule has 4 rings (SSSR count). The fourth-order valence-corrected chi connectivity index (χ4v) is 4.51. The molecule has 0 atom stereocenters. The Morgan fingerprint density at radius 1 is 1.09 bits per heavy atom. The summed E-state index contributed by atoms with van der Waals surface area (Å²) in [7, 11) is 0. The number of amides is 1. The number of ketones is 1. The highest BCUT2D eigenvalue weighted by molar-refractivity contribution is 7.19. The first kappa shape index (κ1) is 21.5. The quantitative estimate of drug-likeness (QED) is 0.372. The molecule has 0 bridgehead atoms. The van der Waals surface area contributed by atoms with Gasteiger partial charge in [0.1, 0.15) is 5.71 Å². The molecule has 0 aliphatic heterocycles. The number of hydrogen-bond donors (Lipinski definition) is 3. The van der Waals surface area contributed by atoms with E-state index in [0.717, 1.165) is 11.3 Å². The van der Waals surface area contributed by atoms with Gasteiger partial charge in [0.15, 0.2) is 5.78 Å². The van der Waals surface area contributed by atoms with Crippen LogP contribution < -0.4 is 16.5 Å². The number of nitrogens with two attached hydrogens (primary N) is 1. The van der Waals surface area contributed by atoms with E-state index in [-0.39, 0.29) is 34.2 Å². The fourth-order valence-electron chi connectivity index (χ4n) is 3.27. The third-order valence-electron chi connectivity index (χ3n) is 4.82. The van der Waals surface area contributed by atoms with E-state index in [1.807, 2.05) is 0 Å². The topological polar surface area (TPSA) is 140 Å². The number of nitro groups is 1. The Balaban J connectivity index is 1.60. The summed E-state index contributed by atoms with van der Waals surface area (Å²) in [5.41, 5.74) is 11.1. The van der Waals surface area contributed by atoms with E-state index < -0.39 is 10.8 Å². The van der Waals surface area contributed by atoms with Gasteiger partial charge >= 0.3 is 0 Å². The van der Waals surface area contributed by atoms with Crippen molar-refractivity contribution >= 4 is 62.4 Å². The Morgan fingerprint density at radius 2 is 1.75 bits per heavy atom. The molecule has 1 aromatic heterocycles. The molecule has 1 heterocycles. The lowest BCUT2D eigenvalue weighted by Crippen LogP contribution is -2.24. The minimum absolute atomic E-state index is 0.0806. The number of carbonyl (C=O) groups is 2. The molecule has 0 saturated carbocycles. The summed E-state index contributed by atoms with van der Waals surface area (Å²) in [6.45, 7) is 0. The van der Waals surface area contributed by atoms with Crippen molar-refractivity contribution in [2.24, 2.45) is 5.10 Å². The third-order valence-corrected chi connectivity index (χ3v) is 6.14. The number of thiophene rings is 1. The number of hydrogen-bond acceptors (Lipinski definition) is 8. The molecule has 4 N–H and O–H groups in total. The Labute approximate surface area is 191 Å². The van der Waals surface area contributed by atoms with E-state index in [4.69, 9.17) is 17.3 Å². The number of fused-ring (bicyclic) bond motifs is 1. The molecule has 2 aromatic carbocycles. The van der Waals surface area contributed by atoms with Gasteiger partial charge in [-0.15, -0.1) is 11.3 Å². The van der Waals surface area contributed by atoms with E-state index in [1.54, 1.807) is 24.3 Å². The van der Waals surface area contributed by atoms with Crippen LogP contribution in [0, 0.1) is 10.1 Å². The molecular formula is C21H16ClN5O4S. The normalized spacial score (nSPS) is 14.2. The Bertz CT molecular complexity index is 1250. The van der Waals surface area contributed by atoms with Crippen molar-refractivity contribution in [2.75, 3.05) is 16.5 Å². The lowest BCUT2D eigenvalue weighted by Gasteiger charge is -2.14. The third kappa shape index (κ3) is 4.32. The van der Waals surface area contributed by atoms with Crippen LogP contribution in [0.15, 0.2) is 53.6 Å². The van der Waals surface area contributed by atoms with Crippen molar-refractivity contribution < 1.29 is 14.5 Å². The van der Waals surface area contributed by atoms with Gasteiger partial charge in [-0.1, -0.05) is 11.6 Å². The van der Waals surface area contributed by atoms with Crippen LogP contribution in [0.5, 0.6) is 0 Å². The lowest BCUT2D eigenvalue weighted by molar-refractivity contribution is -0.384. The Hall–Kier alpha value is -3.76. The van der Waals surface area contributed by atoms with Gasteiger partial charge < -0.3 is 11.1 Å². The number of hydrazone groups is 1. The molecule has 1 amide bonds. The van der Waals surface area contributed by atoms with Gasteiger partial charge in [-0.25, -0.2) is 0 Å². The van der Waals surface area contributed by atoms with E-state index >= 15 is 0 Å². The molecule has 0 unspecified atom stereocenters. The highest BCUT2D eigenvalue weighted by Crippen LogP contribution is 2.36. The molecule has 32 heavy (non-hydrogen) atoms. The molecule has 1 aliphatic carbocycles. The van der Waals surface area contributed by atoms with Crippen LogP contribution in [-0.4, -0.2) is 22.3 Å². The maximum atomic E-state index is 12.9. The SMILES string of the molecule is Nc1sc2c(c1C(=O)Nc1ccc([N+](=O)[O-])cc1)CCC(=O)C2=NNc1ccc(Cl)cc1. The molecule has 11 heteroatoms. The van der Waals surface area contributed by atoms with Crippen LogP contribution in [0.2, 0.25) is 5.02 Å². The van der Waals surface area contributed by atoms with Crippen LogP contribution in [0.25, 0.3) is 0 Å². The largest absolute Gasteiger partial charge is 0.390 e. The second-order valence-electron chi connectivity index (χ2n) is 6.91. The number of nitrogens with one attached hydrogen (secondary N) is 2. The minimum atomic E-state index is -0.519. The molecule has 3 aromatic rings. The van der Waals surface area contributed by atoms with Crippen LogP contribution >= 0.6 is 22.9 Å². The summed E-state index contributed by atoms with van der Waals surface area (Å²) in [5, 5.41) is 18.6. The van der Waals surface area contributed by atoms with E-state index in [9.17, 15) is 19.7 Å². The standard InChI is InChI=1S/C21H16ClN5O4S/c22-11-1-3-13(4-2-11)25-26-18-16(28)10-9-15-17(20(23)32-19(15)18)21(29)24-12-5-7-14(8-6-12)27(30)31/h1-8,25H,9-10,23H2,(H,24,29). The van der Waals surface area contributed by atoms with Gasteiger partial charge in [0, 0.05) is 29.3 Å². The average molecular weight is 470 g/mol. The number of nitro benzene ring substituents is 1. The maximum Gasteiger partial charge on any atom is 0.269 e. The summed E-state index contributed by atoms with van der Waals surface area (Å²) in [4.78, 5) is 36.3. The zero-order chi connectivity index (χ0) is 22.8. The van der Waals surface area contributed by atoms with Gasteiger partial charge in [0.25, 0.3) is 11.6 Å². The number of carbonyl (C=O) groups excluding carboxylic acids is 2. The summed E-state index contributed by atoms with van der Waals surface area (Å²) in [5.74, 6) is -0.601. The molecule has 0 saturated heterocycles. The Kier molecular flexibility index (Phi) is 5.89. The van der Waals surface area contributed by atoms with Gasteiger partial charge in [-0.3, -0.25) is 25.1 Å². The number of nitrogens with zero attached hydrogens (tertiary/aromatic N) is 2. The Morgan fingerprint density at radius 3 is 2.41 bits per heavy atom. The molecule has 0 spiro atoms. The summed E-state index contributed by atoms with van der Waals surface area (Å²) < 4.78 is 0. The summed E-state index contributed by atoms with van der Waals surface area (Å²) in [6.07, 6.45) is 0.562. The van der Waals surface area contributed by atoms with E-state index in [2.05, 4.69) is 15.8 Å². The summed E-state index contributed by atoms with van der Waals surface area (Å²) in [6, 6.07) is 12.3. The van der Waals surface area contributed by atoms with E-state index in [0.29, 0.717) is 33.3 Å². The first-order valence-corrected chi connectivity index (χ1v) is 10.6. The number of nitrogen functional groups attached to an aromatic ring is 1. The zero-order valence-corrected chi connectivity index (χ0v) is 18.0. The first-order valence-electron chi connectivity index (χ1n) is 9.43. The van der Waals surface area contributed by atoms with Crippen molar-refractivity contribution in [3.63, 3.8) is 0 Å². The lowest BCUT2D eigenvalue weighted by atomic mass is 9.93. The number of benzene rings is 2. The first-order chi connectivity index (χ1) is 15.3. The van der Waals surface area contributed by atoms with Gasteiger partial charge in [0.05, 0.1) is 26.1 Å². The monoisotopic (exact) mass is 469 g/mol. The number of rotatable bonds is 5. The van der Waals surface area contributed by atoms with Crippen molar-refractivity contribution in [3.8, 4) is 0 Å². The number of anilines is 3. The maximum absolute atomic E-state index is 12.9. The predicted molar refractivity (Wildman–Crippen MR) is 125 cm³/mol. The smallest absolute Gasteiger partial charge is 0.269 e. The van der Waals surface area contributed by atoms with Crippen molar-refractivity contribution in [1.29, 1.82) is 0 Å². The summed E-state index contributed by atoms with van der Waals surface area (Å²) >= 11 is 7.01. The predicted octanol–water partition coefficient (Wildman–Crippen LogP) is 4.48. The van der Waals surface area contributed by atoms with Gasteiger partial charge in [-0.05, 0) is 48.4 Å². The van der Waals surface area contributed by atoms with Crippen LogP contribution in [-0.2, 0) is 11.2 Å². The number of Topliss-reactive ketones (excluding diaryl/α,β-unsaturated/α-hetero) is 1. The molecular weight excluding hydrogens is 454 g/mol. The number of non-ortho nitro benzene ring substituents is 1. The second-order valence-corrected chi connectivity index (χ2v) is 8.40.